The van der Waals surface area contributed by atoms with Crippen molar-refractivity contribution in [3.05, 3.63) is 82.9 Å². The van der Waals surface area contributed by atoms with Crippen molar-refractivity contribution in [3.63, 3.8) is 0 Å². The molecule has 0 nitrogen and oxygen atoms in total. The molecule has 3 aromatic rings. The number of unbranched alkanes of at least 4 members (excludes halogenated alkanes) is 2. The maximum absolute atomic E-state index is 13.7. The van der Waals surface area contributed by atoms with Crippen LogP contribution in [-0.4, -0.2) is 0 Å². The van der Waals surface area contributed by atoms with Crippen molar-refractivity contribution in [1.29, 1.82) is 0 Å². The monoisotopic (exact) mass is 416 g/mol. The molecule has 0 bridgehead atoms. The van der Waals surface area contributed by atoms with Crippen molar-refractivity contribution < 1.29 is 8.78 Å². The lowest BCUT2D eigenvalue weighted by Crippen LogP contribution is -2.13. The molecule has 0 heterocycles. The third-order valence-corrected chi connectivity index (χ3v) is 6.71. The summed E-state index contributed by atoms with van der Waals surface area (Å²) in [6.07, 6.45) is 10.8. The smallest absolute Gasteiger partial charge is 0.159 e. The van der Waals surface area contributed by atoms with Gasteiger partial charge in [-0.15, -0.1) is 0 Å². The predicted octanol–water partition coefficient (Wildman–Crippen LogP) is 8.37. The Labute approximate surface area is 184 Å². The van der Waals surface area contributed by atoms with Crippen molar-refractivity contribution >= 4 is 10.8 Å². The molecule has 0 amide bonds. The molecule has 1 aliphatic carbocycles. The topological polar surface area (TPSA) is 0 Å². The van der Waals surface area contributed by atoms with E-state index in [4.69, 9.17) is 0 Å². The Morgan fingerprint density at radius 1 is 0.839 bits per heavy atom. The Balaban J connectivity index is 1.42. The number of halogens is 2. The molecule has 4 rings (SSSR count). The van der Waals surface area contributed by atoms with E-state index in [0.29, 0.717) is 22.3 Å². The summed E-state index contributed by atoms with van der Waals surface area (Å²) in [6, 6.07) is 16.5. The Bertz CT molecular complexity index is 1080. The zero-order valence-electron chi connectivity index (χ0n) is 18.3. The summed E-state index contributed by atoms with van der Waals surface area (Å²) in [4.78, 5) is 0. The second kappa shape index (κ2) is 10.1. The maximum atomic E-state index is 13.7. The van der Waals surface area contributed by atoms with Crippen LogP contribution in [0.15, 0.2) is 54.6 Å². The van der Waals surface area contributed by atoms with Crippen molar-refractivity contribution in [2.45, 2.75) is 64.2 Å². The summed E-state index contributed by atoms with van der Waals surface area (Å²) < 4.78 is 27.2. The molecule has 0 N–H and O–H groups in total. The van der Waals surface area contributed by atoms with Crippen LogP contribution in [0, 0.1) is 29.4 Å². The lowest BCUT2D eigenvalue weighted by Gasteiger charge is -2.29. The molecular weight excluding hydrogens is 386 g/mol. The van der Waals surface area contributed by atoms with E-state index in [1.165, 1.54) is 69.1 Å². The molecule has 0 saturated heterocycles. The predicted molar refractivity (Wildman–Crippen MR) is 125 cm³/mol. The molecule has 0 aliphatic heterocycles. The second-order valence-corrected chi connectivity index (χ2v) is 8.88. The van der Waals surface area contributed by atoms with Gasteiger partial charge in [-0.05, 0) is 78.8 Å². The Kier molecular flexibility index (Phi) is 7.03. The summed E-state index contributed by atoms with van der Waals surface area (Å²) in [5, 5.41) is 1.30. The van der Waals surface area contributed by atoms with E-state index in [1.54, 1.807) is 6.07 Å². The highest BCUT2D eigenvalue weighted by Gasteiger charge is 2.21. The fraction of sp³-hybridized carbons (Fsp3) is 0.379. The zero-order valence-corrected chi connectivity index (χ0v) is 18.3. The van der Waals surface area contributed by atoms with E-state index < -0.39 is 11.6 Å². The molecule has 31 heavy (non-hydrogen) atoms. The first-order valence-electron chi connectivity index (χ1n) is 11.6. The Hall–Kier alpha value is -2.66. The van der Waals surface area contributed by atoms with Crippen LogP contribution in [0.5, 0.6) is 0 Å². The first-order valence-corrected chi connectivity index (χ1v) is 11.6. The summed E-state index contributed by atoms with van der Waals surface area (Å²) in [6.45, 7) is 2.27. The van der Waals surface area contributed by atoms with Gasteiger partial charge in [-0.25, -0.2) is 8.78 Å². The van der Waals surface area contributed by atoms with E-state index in [0.717, 1.165) is 11.5 Å². The molecule has 0 atom stereocenters. The van der Waals surface area contributed by atoms with Crippen LogP contribution in [-0.2, 0) is 0 Å². The van der Waals surface area contributed by atoms with Gasteiger partial charge in [0.15, 0.2) is 11.6 Å². The van der Waals surface area contributed by atoms with E-state index >= 15 is 0 Å². The van der Waals surface area contributed by atoms with Gasteiger partial charge in [-0.3, -0.25) is 0 Å². The van der Waals surface area contributed by atoms with Gasteiger partial charge in [-0.2, -0.15) is 0 Å². The van der Waals surface area contributed by atoms with E-state index in [9.17, 15) is 8.78 Å². The van der Waals surface area contributed by atoms with Crippen molar-refractivity contribution in [2.75, 3.05) is 0 Å². The maximum Gasteiger partial charge on any atom is 0.159 e. The zero-order chi connectivity index (χ0) is 21.6. The fourth-order valence-corrected chi connectivity index (χ4v) is 4.83. The summed E-state index contributed by atoms with van der Waals surface area (Å²) in [5.41, 5.74) is 3.07. The van der Waals surface area contributed by atoms with Gasteiger partial charge in [0.25, 0.3) is 0 Å². The van der Waals surface area contributed by atoms with E-state index in [1.807, 2.05) is 12.1 Å². The third kappa shape index (κ3) is 5.34. The van der Waals surface area contributed by atoms with Gasteiger partial charge in [0.1, 0.15) is 0 Å². The quantitative estimate of drug-likeness (QED) is 0.289. The summed E-state index contributed by atoms with van der Waals surface area (Å²) in [5.74, 6) is 6.25. The van der Waals surface area contributed by atoms with Gasteiger partial charge in [0.2, 0.25) is 0 Å². The van der Waals surface area contributed by atoms with Crippen molar-refractivity contribution in [3.8, 4) is 11.8 Å². The van der Waals surface area contributed by atoms with Gasteiger partial charge in [-0.1, -0.05) is 68.7 Å². The fourth-order valence-electron chi connectivity index (χ4n) is 4.83. The molecule has 0 aromatic heterocycles. The van der Waals surface area contributed by atoms with Gasteiger partial charge < -0.3 is 0 Å². The molecule has 0 unspecified atom stereocenters. The summed E-state index contributed by atoms with van der Waals surface area (Å²) >= 11 is 0. The van der Waals surface area contributed by atoms with Crippen LogP contribution >= 0.6 is 0 Å². The molecule has 1 saturated carbocycles. The SMILES string of the molecule is CCCCCC1CCC(c2ccc(C#Cc3cccc4cc(F)c(F)cc34)cc2)CC1. The molecule has 160 valence electrons. The van der Waals surface area contributed by atoms with E-state index in [2.05, 4.69) is 43.0 Å². The molecule has 1 fully saturated rings. The molecular formula is C29H30F2. The normalized spacial score (nSPS) is 18.5. The second-order valence-electron chi connectivity index (χ2n) is 8.88. The number of benzene rings is 3. The average molecular weight is 417 g/mol. The van der Waals surface area contributed by atoms with Crippen LogP contribution in [0.2, 0.25) is 0 Å². The van der Waals surface area contributed by atoms with Crippen LogP contribution in [0.4, 0.5) is 8.78 Å². The highest BCUT2D eigenvalue weighted by atomic mass is 19.2. The number of fused-ring (bicyclic) bond motifs is 1. The van der Waals surface area contributed by atoms with Gasteiger partial charge >= 0.3 is 0 Å². The lowest BCUT2D eigenvalue weighted by molar-refractivity contribution is 0.303. The van der Waals surface area contributed by atoms with Crippen LogP contribution < -0.4 is 0 Å². The van der Waals surface area contributed by atoms with Crippen LogP contribution in [0.3, 0.4) is 0 Å². The van der Waals surface area contributed by atoms with Gasteiger partial charge in [0, 0.05) is 16.5 Å². The average Bonchev–Trinajstić information content (AvgIpc) is 2.80. The minimum absolute atomic E-state index is 0.640. The third-order valence-electron chi connectivity index (χ3n) is 6.71. The largest absolute Gasteiger partial charge is 0.204 e. The van der Waals surface area contributed by atoms with Crippen molar-refractivity contribution in [1.82, 2.24) is 0 Å². The minimum Gasteiger partial charge on any atom is -0.204 e. The molecule has 3 aromatic carbocycles. The van der Waals surface area contributed by atoms with Crippen LogP contribution in [0.25, 0.3) is 10.8 Å². The number of rotatable bonds is 5. The first kappa shape index (κ1) is 21.6. The highest BCUT2D eigenvalue weighted by molar-refractivity contribution is 5.88. The molecule has 0 radical (unpaired) electrons. The first-order chi connectivity index (χ1) is 15.1. The number of hydrogen-bond donors (Lipinski definition) is 0. The summed E-state index contributed by atoms with van der Waals surface area (Å²) in [7, 11) is 0. The minimum atomic E-state index is -0.841. The van der Waals surface area contributed by atoms with Crippen LogP contribution in [0.1, 0.15) is 80.9 Å². The Morgan fingerprint density at radius 3 is 2.32 bits per heavy atom. The Morgan fingerprint density at radius 2 is 1.58 bits per heavy atom. The highest BCUT2D eigenvalue weighted by Crippen LogP contribution is 2.37. The molecule has 2 heteroatoms. The van der Waals surface area contributed by atoms with E-state index in [-0.39, 0.29) is 0 Å². The van der Waals surface area contributed by atoms with Crippen molar-refractivity contribution in [2.24, 2.45) is 5.92 Å². The molecule has 0 spiro atoms. The lowest BCUT2D eigenvalue weighted by atomic mass is 9.77. The number of hydrogen-bond acceptors (Lipinski definition) is 0. The molecule has 1 aliphatic rings. The van der Waals surface area contributed by atoms with Gasteiger partial charge in [0.05, 0.1) is 0 Å². The standard InChI is InChI=1S/C29H30F2/c1-2-3-4-6-21-9-14-23(15-10-21)24-16-11-22(12-17-24)13-18-25-7-5-8-26-19-28(30)29(31)20-27(25)26/h5,7-8,11-12,16-17,19-21,23H,2-4,6,9-10,14-15H2,1H3.